The summed E-state index contributed by atoms with van der Waals surface area (Å²) in [4.78, 5) is 11.6. The first kappa shape index (κ1) is 13.9. The van der Waals surface area contributed by atoms with Gasteiger partial charge < -0.3 is 10.4 Å². The molecule has 1 aromatic carbocycles. The van der Waals surface area contributed by atoms with E-state index in [2.05, 4.69) is 5.32 Å². The summed E-state index contributed by atoms with van der Waals surface area (Å²) in [5.41, 5.74) is 0.787. The number of nitrogens with zero attached hydrogens (tertiary/aromatic N) is 1. The molecule has 0 aliphatic heterocycles. The molecule has 0 fully saturated rings. The van der Waals surface area contributed by atoms with Crippen molar-refractivity contribution in [2.24, 2.45) is 0 Å². The fraction of sp³-hybridized carbons (Fsp3) is 0.286. The summed E-state index contributed by atoms with van der Waals surface area (Å²) < 4.78 is 0. The molecule has 0 saturated heterocycles. The van der Waals surface area contributed by atoms with Gasteiger partial charge in [0, 0.05) is 6.08 Å². The Hall–Kier alpha value is -2.12. The molecule has 94 valence electrons. The topological polar surface area (TPSA) is 73.1 Å². The van der Waals surface area contributed by atoms with Gasteiger partial charge in [-0.05, 0) is 37.6 Å². The van der Waals surface area contributed by atoms with Crippen molar-refractivity contribution in [3.8, 4) is 6.07 Å². The number of amides is 1. The second-order valence-electron chi connectivity index (χ2n) is 4.60. The van der Waals surface area contributed by atoms with E-state index in [9.17, 15) is 4.79 Å². The maximum atomic E-state index is 11.6. The zero-order chi connectivity index (χ0) is 13.6. The van der Waals surface area contributed by atoms with Gasteiger partial charge in [0.05, 0.1) is 23.8 Å². The Labute approximate surface area is 107 Å². The fourth-order valence-corrected chi connectivity index (χ4v) is 1.26. The Balaban J connectivity index is 2.64. The molecule has 1 amide bonds. The van der Waals surface area contributed by atoms with Crippen molar-refractivity contribution in [3.05, 3.63) is 41.5 Å². The van der Waals surface area contributed by atoms with Crippen molar-refractivity contribution < 1.29 is 9.90 Å². The molecule has 0 atom stereocenters. The molecule has 0 radical (unpaired) electrons. The van der Waals surface area contributed by atoms with Crippen molar-refractivity contribution in [3.63, 3.8) is 0 Å². The Morgan fingerprint density at radius 2 is 2.06 bits per heavy atom. The van der Waals surface area contributed by atoms with Gasteiger partial charge in [0.1, 0.15) is 0 Å². The number of rotatable bonds is 4. The molecule has 0 aromatic heterocycles. The Morgan fingerprint density at radius 1 is 1.44 bits per heavy atom. The second kappa shape index (κ2) is 5.99. The Kier molecular flexibility index (Phi) is 4.64. The minimum Gasteiger partial charge on any atom is -0.394 e. The van der Waals surface area contributed by atoms with Crippen LogP contribution in [0.1, 0.15) is 25.0 Å². The lowest BCUT2D eigenvalue weighted by Gasteiger charge is -2.22. The molecule has 1 rings (SSSR count). The standard InChI is InChI=1S/C14H16N2O2/c1-14(2,10-17)16-13(18)8-7-11-3-5-12(9-15)6-4-11/h3-8,17H,10H2,1-2H3,(H,16,18)/b8-7+. The van der Waals surface area contributed by atoms with Crippen molar-refractivity contribution in [1.29, 1.82) is 5.26 Å². The van der Waals surface area contributed by atoms with Crippen LogP contribution in [0, 0.1) is 11.3 Å². The third kappa shape index (κ3) is 4.40. The zero-order valence-electron chi connectivity index (χ0n) is 10.5. The molecule has 0 bridgehead atoms. The smallest absolute Gasteiger partial charge is 0.244 e. The maximum Gasteiger partial charge on any atom is 0.244 e. The van der Waals surface area contributed by atoms with Crippen LogP contribution in [0.5, 0.6) is 0 Å². The molecule has 0 spiro atoms. The van der Waals surface area contributed by atoms with Crippen LogP contribution in [0.15, 0.2) is 30.3 Å². The highest BCUT2D eigenvalue weighted by Gasteiger charge is 2.17. The highest BCUT2D eigenvalue weighted by molar-refractivity contribution is 5.92. The molecular weight excluding hydrogens is 228 g/mol. The first-order valence-electron chi connectivity index (χ1n) is 5.58. The van der Waals surface area contributed by atoms with Crippen LogP contribution in [0.3, 0.4) is 0 Å². The number of aliphatic hydroxyl groups excluding tert-OH is 1. The maximum absolute atomic E-state index is 11.6. The molecule has 0 unspecified atom stereocenters. The SMILES string of the molecule is CC(C)(CO)NC(=O)/C=C/c1ccc(C#N)cc1. The van der Waals surface area contributed by atoms with Gasteiger partial charge in [-0.3, -0.25) is 4.79 Å². The molecule has 0 aliphatic rings. The average molecular weight is 244 g/mol. The minimum atomic E-state index is -0.633. The highest BCUT2D eigenvalue weighted by Crippen LogP contribution is 2.05. The quantitative estimate of drug-likeness (QED) is 0.787. The summed E-state index contributed by atoms with van der Waals surface area (Å²) in [6, 6.07) is 8.93. The van der Waals surface area contributed by atoms with Gasteiger partial charge in [0.25, 0.3) is 0 Å². The molecule has 0 saturated carbocycles. The van der Waals surface area contributed by atoms with Gasteiger partial charge in [0.2, 0.25) is 5.91 Å². The fourth-order valence-electron chi connectivity index (χ4n) is 1.26. The first-order chi connectivity index (χ1) is 8.46. The summed E-state index contributed by atoms with van der Waals surface area (Å²) in [5.74, 6) is -0.265. The molecule has 4 heteroatoms. The summed E-state index contributed by atoms with van der Waals surface area (Å²) in [6.45, 7) is 3.35. The predicted octanol–water partition coefficient (Wildman–Crippen LogP) is 1.46. The number of nitriles is 1. The van der Waals surface area contributed by atoms with E-state index in [0.717, 1.165) is 5.56 Å². The van der Waals surface area contributed by atoms with Gasteiger partial charge in [-0.25, -0.2) is 0 Å². The van der Waals surface area contributed by atoms with Crippen LogP contribution in [-0.4, -0.2) is 23.2 Å². The van der Waals surface area contributed by atoms with Crippen molar-refractivity contribution in [1.82, 2.24) is 5.32 Å². The molecule has 0 heterocycles. The number of hydrogen-bond donors (Lipinski definition) is 2. The summed E-state index contributed by atoms with van der Waals surface area (Å²) in [7, 11) is 0. The van der Waals surface area contributed by atoms with Crippen LogP contribution in [0.25, 0.3) is 6.08 Å². The highest BCUT2D eigenvalue weighted by atomic mass is 16.3. The Morgan fingerprint density at radius 3 is 2.56 bits per heavy atom. The predicted molar refractivity (Wildman–Crippen MR) is 69.5 cm³/mol. The largest absolute Gasteiger partial charge is 0.394 e. The van der Waals surface area contributed by atoms with Crippen molar-refractivity contribution in [2.75, 3.05) is 6.61 Å². The van der Waals surface area contributed by atoms with Crippen molar-refractivity contribution >= 4 is 12.0 Å². The van der Waals surface area contributed by atoms with Crippen LogP contribution in [-0.2, 0) is 4.79 Å². The molecular formula is C14H16N2O2. The zero-order valence-corrected chi connectivity index (χ0v) is 10.5. The lowest BCUT2D eigenvalue weighted by atomic mass is 10.1. The van der Waals surface area contributed by atoms with Gasteiger partial charge >= 0.3 is 0 Å². The van der Waals surface area contributed by atoms with E-state index < -0.39 is 5.54 Å². The third-order valence-corrected chi connectivity index (χ3v) is 2.32. The number of carbonyl (C=O) groups is 1. The number of carbonyl (C=O) groups excluding carboxylic acids is 1. The van der Waals surface area contributed by atoms with Gasteiger partial charge in [0.15, 0.2) is 0 Å². The molecule has 0 aliphatic carbocycles. The van der Waals surface area contributed by atoms with E-state index >= 15 is 0 Å². The Bertz CT molecular complexity index is 482. The van der Waals surface area contributed by atoms with E-state index in [-0.39, 0.29) is 12.5 Å². The van der Waals surface area contributed by atoms with Crippen LogP contribution in [0.2, 0.25) is 0 Å². The first-order valence-corrected chi connectivity index (χ1v) is 5.58. The number of nitrogens with one attached hydrogen (secondary N) is 1. The van der Waals surface area contributed by atoms with Gasteiger partial charge in [-0.15, -0.1) is 0 Å². The number of hydrogen-bond acceptors (Lipinski definition) is 3. The molecule has 1 aromatic rings. The van der Waals surface area contributed by atoms with Crippen molar-refractivity contribution in [2.45, 2.75) is 19.4 Å². The molecule has 2 N–H and O–H groups in total. The molecule has 4 nitrogen and oxygen atoms in total. The second-order valence-corrected chi connectivity index (χ2v) is 4.60. The lowest BCUT2D eigenvalue weighted by molar-refractivity contribution is -0.118. The molecule has 18 heavy (non-hydrogen) atoms. The third-order valence-electron chi connectivity index (χ3n) is 2.32. The van der Waals surface area contributed by atoms with E-state index in [1.807, 2.05) is 6.07 Å². The van der Waals surface area contributed by atoms with E-state index in [1.54, 1.807) is 44.2 Å². The minimum absolute atomic E-state index is 0.122. The summed E-state index contributed by atoms with van der Waals surface area (Å²) in [6.07, 6.45) is 3.06. The summed E-state index contributed by atoms with van der Waals surface area (Å²) >= 11 is 0. The van der Waals surface area contributed by atoms with Gasteiger partial charge in [-0.1, -0.05) is 12.1 Å². The van der Waals surface area contributed by atoms with Crippen LogP contribution < -0.4 is 5.32 Å². The summed E-state index contributed by atoms with van der Waals surface area (Å²) in [5, 5.41) is 20.3. The van der Waals surface area contributed by atoms with E-state index in [4.69, 9.17) is 10.4 Å². The van der Waals surface area contributed by atoms with Crippen LogP contribution >= 0.6 is 0 Å². The van der Waals surface area contributed by atoms with E-state index in [0.29, 0.717) is 5.56 Å². The van der Waals surface area contributed by atoms with Gasteiger partial charge in [-0.2, -0.15) is 5.26 Å². The van der Waals surface area contributed by atoms with Crippen LogP contribution in [0.4, 0.5) is 0 Å². The lowest BCUT2D eigenvalue weighted by Crippen LogP contribution is -2.45. The average Bonchev–Trinajstić information content (AvgIpc) is 2.36. The van der Waals surface area contributed by atoms with E-state index in [1.165, 1.54) is 6.08 Å². The number of benzene rings is 1. The monoisotopic (exact) mass is 244 g/mol. The number of aliphatic hydroxyl groups is 1. The normalized spacial score (nSPS) is 11.2.